The van der Waals surface area contributed by atoms with Crippen LogP contribution < -0.4 is 20.1 Å². The lowest BCUT2D eigenvalue weighted by Crippen LogP contribution is -2.26. The van der Waals surface area contributed by atoms with Crippen LogP contribution in [0.1, 0.15) is 33.9 Å². The molecule has 12 heteroatoms. The Hall–Kier alpha value is -5.83. The van der Waals surface area contributed by atoms with Gasteiger partial charge in [-0.2, -0.15) is 5.26 Å². The first kappa shape index (κ1) is 31.1. The van der Waals surface area contributed by atoms with Crippen LogP contribution in [0.4, 0.5) is 18.9 Å². The van der Waals surface area contributed by atoms with Gasteiger partial charge in [0.2, 0.25) is 0 Å². The number of anilines is 1. The number of carbonyl (C=O) groups is 3. The summed E-state index contributed by atoms with van der Waals surface area (Å²) in [6.07, 6.45) is -5.12. The maximum absolute atomic E-state index is 13.4. The fraction of sp³-hybridized carbons (Fsp3) is 0.125. The summed E-state index contributed by atoms with van der Waals surface area (Å²) in [6, 6.07) is 25.1. The van der Waals surface area contributed by atoms with Gasteiger partial charge >= 0.3 is 18.3 Å². The van der Waals surface area contributed by atoms with Crippen molar-refractivity contribution in [1.29, 1.82) is 5.26 Å². The van der Waals surface area contributed by atoms with Crippen LogP contribution in [0.5, 0.6) is 11.5 Å². The number of hydrogen-bond acceptors (Lipinski definition) is 7. The van der Waals surface area contributed by atoms with Crippen LogP contribution in [0.15, 0.2) is 97.1 Å². The van der Waals surface area contributed by atoms with Gasteiger partial charge in [-0.15, -0.1) is 13.2 Å². The molecule has 0 saturated heterocycles. The summed E-state index contributed by atoms with van der Waals surface area (Å²) < 4.78 is 47.5. The number of carboxylic acid groups (broad SMARTS) is 1. The van der Waals surface area contributed by atoms with Gasteiger partial charge in [0, 0.05) is 17.8 Å². The first-order valence-corrected chi connectivity index (χ1v) is 13.1. The highest BCUT2D eigenvalue weighted by Crippen LogP contribution is 2.29. The van der Waals surface area contributed by atoms with Crippen molar-refractivity contribution in [2.75, 3.05) is 11.9 Å². The van der Waals surface area contributed by atoms with Gasteiger partial charge in [0.25, 0.3) is 5.91 Å². The number of hydrogen-bond donors (Lipinski definition) is 3. The molecule has 4 aromatic carbocycles. The van der Waals surface area contributed by atoms with E-state index in [0.717, 1.165) is 23.3 Å². The van der Waals surface area contributed by atoms with Crippen molar-refractivity contribution in [3.8, 4) is 28.7 Å². The Morgan fingerprint density at radius 1 is 0.818 bits per heavy atom. The molecule has 0 spiro atoms. The van der Waals surface area contributed by atoms with E-state index in [2.05, 4.69) is 21.4 Å². The summed E-state index contributed by atoms with van der Waals surface area (Å²) in [6.45, 7) is -0.0510. The molecule has 44 heavy (non-hydrogen) atoms. The van der Waals surface area contributed by atoms with Crippen molar-refractivity contribution in [3.63, 3.8) is 0 Å². The number of rotatable bonds is 11. The number of carboxylic acids is 1. The number of aliphatic carboxylic acids is 1. The quantitative estimate of drug-likeness (QED) is 0.138. The van der Waals surface area contributed by atoms with Gasteiger partial charge in [0.15, 0.2) is 6.04 Å². The Morgan fingerprint density at radius 3 is 1.93 bits per heavy atom. The number of benzene rings is 4. The summed E-state index contributed by atoms with van der Waals surface area (Å²) >= 11 is 0. The average molecular weight is 604 g/mol. The van der Waals surface area contributed by atoms with Crippen molar-refractivity contribution in [3.05, 3.63) is 114 Å². The van der Waals surface area contributed by atoms with Gasteiger partial charge in [-0.05, 0) is 77.4 Å². The molecule has 0 aliphatic carbocycles. The predicted molar refractivity (Wildman–Crippen MR) is 153 cm³/mol. The maximum Gasteiger partial charge on any atom is 0.573 e. The van der Waals surface area contributed by atoms with E-state index in [-0.39, 0.29) is 29.8 Å². The summed E-state index contributed by atoms with van der Waals surface area (Å²) in [5.41, 5.74) is 3.09. The smallest absolute Gasteiger partial charge is 0.481 e. The molecule has 0 saturated carbocycles. The zero-order valence-corrected chi connectivity index (χ0v) is 22.8. The molecule has 0 aliphatic rings. The van der Waals surface area contributed by atoms with E-state index in [1.165, 1.54) is 36.4 Å². The number of halogens is 3. The molecule has 3 N–H and O–H groups in total. The molecule has 0 aliphatic heterocycles. The lowest BCUT2D eigenvalue weighted by Gasteiger charge is -2.20. The molecule has 224 valence electrons. The Labute approximate surface area is 249 Å². The van der Waals surface area contributed by atoms with Gasteiger partial charge in [-0.1, -0.05) is 36.4 Å². The largest absolute Gasteiger partial charge is 0.573 e. The highest BCUT2D eigenvalue weighted by atomic mass is 19.4. The van der Waals surface area contributed by atoms with Crippen LogP contribution in [0, 0.1) is 11.3 Å². The SMILES string of the molecule is N#Cc1ccc(-c2ccc(OC(=O)C(Nc3ccc(C(=O)NCCC(=O)O)cc3)c3ccc(OC(F)(F)F)cc3)cc2)cc1. The highest BCUT2D eigenvalue weighted by Gasteiger charge is 2.31. The zero-order chi connectivity index (χ0) is 31.7. The molecule has 4 rings (SSSR count). The number of amides is 1. The molecule has 1 unspecified atom stereocenters. The minimum absolute atomic E-state index is 0.0510. The molecule has 0 radical (unpaired) electrons. The second-order valence-corrected chi connectivity index (χ2v) is 9.31. The Balaban J connectivity index is 1.52. The van der Waals surface area contributed by atoms with Crippen LogP contribution in [-0.2, 0) is 9.59 Å². The molecular formula is C32H24F3N3O6. The van der Waals surface area contributed by atoms with Crippen LogP contribution >= 0.6 is 0 Å². The fourth-order valence-corrected chi connectivity index (χ4v) is 4.04. The van der Waals surface area contributed by atoms with Crippen molar-refractivity contribution in [2.45, 2.75) is 18.8 Å². The van der Waals surface area contributed by atoms with Crippen molar-refractivity contribution < 1.29 is 42.1 Å². The third-order valence-corrected chi connectivity index (χ3v) is 6.19. The standard InChI is InChI=1S/C32H24F3N3O6/c33-32(34,35)44-27-15-9-23(10-16-27)29(38-25-11-5-24(6-12-25)30(41)37-18-17-28(39)40)31(42)43-26-13-7-22(8-14-26)21-3-1-20(19-36)2-4-21/h1-16,29,38H,17-18H2,(H,37,41)(H,39,40). The number of carbonyl (C=O) groups excluding carboxylic acids is 2. The topological polar surface area (TPSA) is 138 Å². The first-order chi connectivity index (χ1) is 21.0. The van der Waals surface area contributed by atoms with Gasteiger partial charge in [0.05, 0.1) is 18.1 Å². The maximum atomic E-state index is 13.4. The Kier molecular flexibility index (Phi) is 9.82. The predicted octanol–water partition coefficient (Wildman–Crippen LogP) is 6.09. The van der Waals surface area contributed by atoms with Crippen LogP contribution in [-0.4, -0.2) is 35.9 Å². The normalized spacial score (nSPS) is 11.5. The van der Waals surface area contributed by atoms with Crippen molar-refractivity contribution in [1.82, 2.24) is 5.32 Å². The van der Waals surface area contributed by atoms with Gasteiger partial charge < -0.3 is 25.2 Å². The van der Waals surface area contributed by atoms with E-state index in [0.29, 0.717) is 11.3 Å². The molecular weight excluding hydrogens is 579 g/mol. The second kappa shape index (κ2) is 13.9. The van der Waals surface area contributed by atoms with E-state index in [1.54, 1.807) is 48.5 Å². The molecule has 0 fully saturated rings. The van der Waals surface area contributed by atoms with Gasteiger partial charge in [-0.3, -0.25) is 9.59 Å². The second-order valence-electron chi connectivity index (χ2n) is 9.31. The fourth-order valence-electron chi connectivity index (χ4n) is 4.04. The molecule has 0 bridgehead atoms. The summed E-state index contributed by atoms with van der Waals surface area (Å²) in [5.74, 6) is -2.56. The van der Waals surface area contributed by atoms with Crippen molar-refractivity contribution in [2.24, 2.45) is 0 Å². The zero-order valence-electron chi connectivity index (χ0n) is 22.8. The van der Waals surface area contributed by atoms with Crippen LogP contribution in [0.25, 0.3) is 11.1 Å². The average Bonchev–Trinajstić information content (AvgIpc) is 3.00. The summed E-state index contributed by atoms with van der Waals surface area (Å²) in [7, 11) is 0. The third kappa shape index (κ3) is 8.83. The first-order valence-electron chi connectivity index (χ1n) is 13.1. The Bertz CT molecular complexity index is 1650. The highest BCUT2D eigenvalue weighted by molar-refractivity contribution is 5.94. The number of alkyl halides is 3. The minimum atomic E-state index is -4.89. The summed E-state index contributed by atoms with van der Waals surface area (Å²) in [4.78, 5) is 36.3. The van der Waals surface area contributed by atoms with Crippen LogP contribution in [0.2, 0.25) is 0 Å². The number of nitriles is 1. The van der Waals surface area contributed by atoms with Gasteiger partial charge in [-0.25, -0.2) is 4.79 Å². The lowest BCUT2D eigenvalue weighted by molar-refractivity contribution is -0.274. The third-order valence-electron chi connectivity index (χ3n) is 6.19. The van der Waals surface area contributed by atoms with Crippen LogP contribution in [0.3, 0.4) is 0 Å². The molecule has 0 aromatic heterocycles. The van der Waals surface area contributed by atoms with E-state index in [9.17, 15) is 27.6 Å². The van der Waals surface area contributed by atoms with E-state index in [4.69, 9.17) is 15.1 Å². The number of nitrogens with zero attached hydrogens (tertiary/aromatic N) is 1. The van der Waals surface area contributed by atoms with Gasteiger partial charge in [0.1, 0.15) is 11.5 Å². The van der Waals surface area contributed by atoms with E-state index >= 15 is 0 Å². The molecule has 0 heterocycles. The van der Waals surface area contributed by atoms with Crippen molar-refractivity contribution >= 4 is 23.5 Å². The lowest BCUT2D eigenvalue weighted by atomic mass is 10.0. The number of nitrogens with one attached hydrogen (secondary N) is 2. The van der Waals surface area contributed by atoms with E-state index < -0.39 is 36.0 Å². The minimum Gasteiger partial charge on any atom is -0.481 e. The molecule has 1 amide bonds. The monoisotopic (exact) mass is 603 g/mol. The molecule has 9 nitrogen and oxygen atoms in total. The number of esters is 1. The Morgan fingerprint density at radius 2 is 1.39 bits per heavy atom. The molecule has 4 aromatic rings. The van der Waals surface area contributed by atoms with E-state index in [1.807, 2.05) is 0 Å². The molecule has 1 atom stereocenters. The number of ether oxygens (including phenoxy) is 2. The summed E-state index contributed by atoms with van der Waals surface area (Å²) in [5, 5.41) is 23.2.